The molecule has 1 aromatic carbocycles. The van der Waals surface area contributed by atoms with Gasteiger partial charge in [-0.25, -0.2) is 4.79 Å². The number of hydrogen-bond donors (Lipinski definition) is 3. The van der Waals surface area contributed by atoms with Gasteiger partial charge in [0, 0.05) is 19.0 Å². The van der Waals surface area contributed by atoms with E-state index in [-0.39, 0.29) is 12.3 Å². The summed E-state index contributed by atoms with van der Waals surface area (Å²) in [6.45, 7) is 2.65. The molecule has 1 unspecified atom stereocenters. The number of aliphatic hydroxyl groups is 1. The molecule has 0 radical (unpaired) electrons. The second-order valence-corrected chi connectivity index (χ2v) is 4.13. The van der Waals surface area contributed by atoms with Crippen molar-refractivity contribution in [2.45, 2.75) is 25.9 Å². The molecule has 92 valence electrons. The predicted molar refractivity (Wildman–Crippen MR) is 62.7 cm³/mol. The second kappa shape index (κ2) is 4.97. The summed E-state index contributed by atoms with van der Waals surface area (Å²) in [6.07, 6.45) is 0.0166. The van der Waals surface area contributed by atoms with Crippen molar-refractivity contribution in [3.05, 3.63) is 29.8 Å². The summed E-state index contributed by atoms with van der Waals surface area (Å²) >= 11 is 0. The lowest BCUT2D eigenvalue weighted by Gasteiger charge is -2.17. The molecule has 0 heterocycles. The lowest BCUT2D eigenvalue weighted by Crippen LogP contribution is -2.37. The van der Waals surface area contributed by atoms with Crippen LogP contribution in [0.3, 0.4) is 0 Å². The Morgan fingerprint density at radius 1 is 1.29 bits per heavy atom. The second-order valence-electron chi connectivity index (χ2n) is 4.13. The minimum absolute atomic E-state index is 0.0166. The number of hydrogen-bond acceptors (Lipinski definition) is 3. The molecule has 1 atom stereocenters. The average molecular weight is 237 g/mol. The van der Waals surface area contributed by atoms with E-state index in [9.17, 15) is 14.7 Å². The molecule has 5 nitrogen and oxygen atoms in total. The van der Waals surface area contributed by atoms with E-state index in [1.165, 1.54) is 13.8 Å². The Labute approximate surface area is 99.1 Å². The molecule has 0 bridgehead atoms. The first kappa shape index (κ1) is 13.2. The van der Waals surface area contributed by atoms with Crippen LogP contribution in [0.15, 0.2) is 24.3 Å². The molecule has 0 aliphatic carbocycles. The summed E-state index contributed by atoms with van der Waals surface area (Å²) in [5.74, 6) is -1.43. The quantitative estimate of drug-likeness (QED) is 0.729. The van der Waals surface area contributed by atoms with Crippen molar-refractivity contribution in [1.29, 1.82) is 0 Å². The van der Waals surface area contributed by atoms with E-state index in [1.807, 2.05) is 0 Å². The van der Waals surface area contributed by atoms with Gasteiger partial charge in [-0.1, -0.05) is 12.1 Å². The zero-order valence-electron chi connectivity index (χ0n) is 9.73. The van der Waals surface area contributed by atoms with E-state index in [1.54, 1.807) is 24.3 Å². The predicted octanol–water partition coefficient (Wildman–Crippen LogP) is 1.02. The summed E-state index contributed by atoms with van der Waals surface area (Å²) in [5, 5.41) is 21.0. The monoisotopic (exact) mass is 237 g/mol. The number of carbonyl (C=O) groups excluding carboxylic acids is 1. The maximum absolute atomic E-state index is 10.8. The number of aliphatic carboxylic acids is 1. The number of benzene rings is 1. The summed E-state index contributed by atoms with van der Waals surface area (Å²) in [4.78, 5) is 21.5. The smallest absolute Gasteiger partial charge is 0.335 e. The molecule has 0 fully saturated rings. The van der Waals surface area contributed by atoms with Crippen LogP contribution in [0.25, 0.3) is 0 Å². The van der Waals surface area contributed by atoms with Crippen molar-refractivity contribution in [3.8, 4) is 0 Å². The number of nitrogens with one attached hydrogen (secondary N) is 1. The highest BCUT2D eigenvalue weighted by Gasteiger charge is 2.29. The summed E-state index contributed by atoms with van der Waals surface area (Å²) in [5.41, 5.74) is -0.460. The van der Waals surface area contributed by atoms with Crippen LogP contribution in [0.1, 0.15) is 19.4 Å². The van der Waals surface area contributed by atoms with Gasteiger partial charge in [0.15, 0.2) is 5.60 Å². The maximum Gasteiger partial charge on any atom is 0.335 e. The zero-order chi connectivity index (χ0) is 13.1. The number of rotatable bonds is 4. The van der Waals surface area contributed by atoms with Gasteiger partial charge in [-0.05, 0) is 24.6 Å². The number of carbonyl (C=O) groups is 2. The van der Waals surface area contributed by atoms with Crippen LogP contribution in [-0.2, 0) is 16.0 Å². The number of carboxylic acids is 1. The van der Waals surface area contributed by atoms with Crippen LogP contribution in [0.2, 0.25) is 0 Å². The Morgan fingerprint density at radius 3 is 2.24 bits per heavy atom. The topological polar surface area (TPSA) is 86.6 Å². The van der Waals surface area contributed by atoms with Gasteiger partial charge in [0.05, 0.1) is 0 Å². The summed E-state index contributed by atoms with van der Waals surface area (Å²) in [7, 11) is 0. The van der Waals surface area contributed by atoms with Crippen LogP contribution in [0.5, 0.6) is 0 Å². The van der Waals surface area contributed by atoms with Gasteiger partial charge in [-0.3, -0.25) is 4.79 Å². The van der Waals surface area contributed by atoms with Gasteiger partial charge in [0.25, 0.3) is 0 Å². The van der Waals surface area contributed by atoms with Crippen molar-refractivity contribution in [2.24, 2.45) is 0 Å². The van der Waals surface area contributed by atoms with Gasteiger partial charge < -0.3 is 15.5 Å². The Hall–Kier alpha value is -1.88. The van der Waals surface area contributed by atoms with Gasteiger partial charge in [-0.15, -0.1) is 0 Å². The standard InChI is InChI=1S/C12H15NO4/c1-8(14)13-10-5-3-9(4-6-10)7-12(2,17)11(15)16/h3-6,17H,7H2,1-2H3,(H,13,14)(H,15,16). The first-order valence-electron chi connectivity index (χ1n) is 5.13. The molecule has 1 aromatic rings. The SMILES string of the molecule is CC(=O)Nc1ccc(CC(C)(O)C(=O)O)cc1. The fraction of sp³-hybridized carbons (Fsp3) is 0.333. The average Bonchev–Trinajstić information content (AvgIpc) is 2.19. The van der Waals surface area contributed by atoms with Crippen molar-refractivity contribution < 1.29 is 19.8 Å². The van der Waals surface area contributed by atoms with Gasteiger partial charge >= 0.3 is 5.97 Å². The maximum atomic E-state index is 10.8. The van der Waals surface area contributed by atoms with E-state index in [4.69, 9.17) is 5.11 Å². The Bertz CT molecular complexity index is 423. The fourth-order valence-electron chi connectivity index (χ4n) is 1.38. The van der Waals surface area contributed by atoms with Crippen molar-refractivity contribution in [1.82, 2.24) is 0 Å². The molecular weight excluding hydrogens is 222 g/mol. The van der Waals surface area contributed by atoms with Gasteiger partial charge in [0.2, 0.25) is 5.91 Å². The van der Waals surface area contributed by atoms with Crippen LogP contribution in [0, 0.1) is 0 Å². The number of carboxylic acid groups (broad SMARTS) is 1. The molecule has 0 saturated heterocycles. The van der Waals surface area contributed by atoms with E-state index < -0.39 is 11.6 Å². The van der Waals surface area contributed by atoms with E-state index >= 15 is 0 Å². The highest BCUT2D eigenvalue weighted by Crippen LogP contribution is 2.16. The largest absolute Gasteiger partial charge is 0.479 e. The summed E-state index contributed by atoms with van der Waals surface area (Å²) < 4.78 is 0. The molecule has 0 spiro atoms. The molecule has 3 N–H and O–H groups in total. The van der Waals surface area contributed by atoms with Crippen LogP contribution in [0.4, 0.5) is 5.69 Å². The minimum atomic E-state index is -1.78. The molecule has 5 heteroatoms. The first-order chi connectivity index (χ1) is 7.81. The third-order valence-corrected chi connectivity index (χ3v) is 2.28. The minimum Gasteiger partial charge on any atom is -0.479 e. The zero-order valence-corrected chi connectivity index (χ0v) is 9.73. The van der Waals surface area contributed by atoms with Crippen molar-refractivity contribution in [2.75, 3.05) is 5.32 Å². The van der Waals surface area contributed by atoms with E-state index in [0.29, 0.717) is 11.3 Å². The number of anilines is 1. The molecule has 0 aliphatic heterocycles. The highest BCUT2D eigenvalue weighted by atomic mass is 16.4. The summed E-state index contributed by atoms with van der Waals surface area (Å²) in [6, 6.07) is 6.66. The van der Waals surface area contributed by atoms with Gasteiger partial charge in [-0.2, -0.15) is 0 Å². The Kier molecular flexibility index (Phi) is 3.85. The molecular formula is C12H15NO4. The fourth-order valence-corrected chi connectivity index (χ4v) is 1.38. The van der Waals surface area contributed by atoms with Gasteiger partial charge in [0.1, 0.15) is 0 Å². The van der Waals surface area contributed by atoms with E-state index in [0.717, 1.165) is 0 Å². The van der Waals surface area contributed by atoms with E-state index in [2.05, 4.69) is 5.32 Å². The third-order valence-electron chi connectivity index (χ3n) is 2.28. The molecule has 1 amide bonds. The molecule has 17 heavy (non-hydrogen) atoms. The Balaban J connectivity index is 2.75. The normalized spacial score (nSPS) is 13.8. The molecule has 1 rings (SSSR count). The number of amides is 1. The van der Waals surface area contributed by atoms with Crippen LogP contribution < -0.4 is 5.32 Å². The lowest BCUT2D eigenvalue weighted by molar-refractivity contribution is -0.156. The van der Waals surface area contributed by atoms with Crippen LogP contribution in [-0.4, -0.2) is 27.7 Å². The van der Waals surface area contributed by atoms with Crippen molar-refractivity contribution >= 4 is 17.6 Å². The molecule has 0 aromatic heterocycles. The van der Waals surface area contributed by atoms with Crippen molar-refractivity contribution in [3.63, 3.8) is 0 Å². The van der Waals surface area contributed by atoms with Crippen LogP contribution >= 0.6 is 0 Å². The highest BCUT2D eigenvalue weighted by molar-refractivity contribution is 5.88. The lowest BCUT2D eigenvalue weighted by atomic mass is 9.97. The Morgan fingerprint density at radius 2 is 1.82 bits per heavy atom. The molecule has 0 aliphatic rings. The third kappa shape index (κ3) is 3.88. The molecule has 0 saturated carbocycles. The first-order valence-corrected chi connectivity index (χ1v) is 5.13.